The van der Waals surface area contributed by atoms with E-state index in [1.54, 1.807) is 0 Å². The van der Waals surface area contributed by atoms with Crippen molar-refractivity contribution < 1.29 is 9.53 Å². The van der Waals surface area contributed by atoms with Crippen LogP contribution in [0.2, 0.25) is 0 Å². The minimum absolute atomic E-state index is 0.0936. The normalized spacial score (nSPS) is 12.9. The highest BCUT2D eigenvalue weighted by Gasteiger charge is 2.31. The Hall–Kier alpha value is -3.07. The minimum Gasteiger partial charge on any atom is -0.426 e. The van der Waals surface area contributed by atoms with Crippen LogP contribution in [0.4, 0.5) is 5.69 Å². The van der Waals surface area contributed by atoms with Crippen LogP contribution in [0.3, 0.4) is 0 Å². The van der Waals surface area contributed by atoms with Crippen LogP contribution in [0.1, 0.15) is 55.4 Å². The summed E-state index contributed by atoms with van der Waals surface area (Å²) in [6.07, 6.45) is 2.62. The number of ether oxygens (including phenoxy) is 1. The van der Waals surface area contributed by atoms with Crippen molar-refractivity contribution in [2.24, 2.45) is 5.92 Å². The number of hydrogen-bond donors (Lipinski definition) is 1. The van der Waals surface area contributed by atoms with E-state index in [1.807, 2.05) is 55.5 Å². The number of hydrogen-bond acceptors (Lipinski definition) is 3. The monoisotopic (exact) mass is 401 g/mol. The van der Waals surface area contributed by atoms with E-state index in [1.165, 1.54) is 11.1 Å². The number of aryl methyl sites for hydroxylation is 2. The molecule has 3 rings (SSSR count). The second-order valence-electron chi connectivity index (χ2n) is 7.67. The van der Waals surface area contributed by atoms with Gasteiger partial charge in [0.25, 0.3) is 0 Å². The van der Waals surface area contributed by atoms with Crippen molar-refractivity contribution in [3.63, 3.8) is 0 Å². The third kappa shape index (κ3) is 5.10. The first-order chi connectivity index (χ1) is 14.5. The molecule has 0 amide bonds. The van der Waals surface area contributed by atoms with Gasteiger partial charge in [0.2, 0.25) is 0 Å². The Kier molecular flexibility index (Phi) is 7.29. The van der Waals surface area contributed by atoms with Gasteiger partial charge in [-0.05, 0) is 65.8 Å². The van der Waals surface area contributed by atoms with E-state index in [4.69, 9.17) is 10.5 Å². The maximum atomic E-state index is 13.2. The van der Waals surface area contributed by atoms with Gasteiger partial charge in [0.05, 0.1) is 5.92 Å². The average molecular weight is 402 g/mol. The van der Waals surface area contributed by atoms with Gasteiger partial charge in [-0.2, -0.15) is 0 Å². The van der Waals surface area contributed by atoms with E-state index in [-0.39, 0.29) is 17.8 Å². The predicted octanol–water partition coefficient (Wildman–Crippen LogP) is 6.16. The number of carbonyl (C=O) groups excluding carboxylic acids is 1. The van der Waals surface area contributed by atoms with Gasteiger partial charge >= 0.3 is 5.97 Å². The van der Waals surface area contributed by atoms with Crippen LogP contribution in [0.5, 0.6) is 5.75 Å². The molecule has 3 heteroatoms. The Balaban J connectivity index is 1.93. The van der Waals surface area contributed by atoms with E-state index in [9.17, 15) is 4.79 Å². The van der Waals surface area contributed by atoms with Crippen molar-refractivity contribution in [1.29, 1.82) is 0 Å². The Labute approximate surface area is 179 Å². The third-order valence-electron chi connectivity index (χ3n) is 5.74. The summed E-state index contributed by atoms with van der Waals surface area (Å²) < 4.78 is 5.80. The molecule has 0 heterocycles. The molecule has 30 heavy (non-hydrogen) atoms. The van der Waals surface area contributed by atoms with Crippen molar-refractivity contribution in [2.45, 2.75) is 46.0 Å². The Morgan fingerprint density at radius 2 is 1.23 bits per heavy atom. The zero-order valence-corrected chi connectivity index (χ0v) is 18.1. The maximum absolute atomic E-state index is 13.2. The van der Waals surface area contributed by atoms with Crippen LogP contribution in [0.15, 0.2) is 72.8 Å². The van der Waals surface area contributed by atoms with Crippen LogP contribution >= 0.6 is 0 Å². The fraction of sp³-hybridized carbons (Fsp3) is 0.296. The van der Waals surface area contributed by atoms with E-state index >= 15 is 0 Å². The molecular formula is C27H31NO2. The third-order valence-corrected chi connectivity index (χ3v) is 5.74. The van der Waals surface area contributed by atoms with Gasteiger partial charge in [0.1, 0.15) is 5.75 Å². The smallest absolute Gasteiger partial charge is 0.315 e. The van der Waals surface area contributed by atoms with E-state index < -0.39 is 0 Å². The lowest BCUT2D eigenvalue weighted by Crippen LogP contribution is -2.27. The van der Waals surface area contributed by atoms with Gasteiger partial charge in [-0.1, -0.05) is 69.3 Å². The molecule has 0 aliphatic rings. The Bertz CT molecular complexity index is 944. The highest BCUT2D eigenvalue weighted by Crippen LogP contribution is 2.36. The first-order valence-corrected chi connectivity index (χ1v) is 10.8. The summed E-state index contributed by atoms with van der Waals surface area (Å²) in [6.45, 7) is 6.29. The quantitative estimate of drug-likeness (QED) is 0.279. The van der Waals surface area contributed by atoms with Crippen molar-refractivity contribution >= 4 is 11.7 Å². The first kappa shape index (κ1) is 21.6. The summed E-state index contributed by atoms with van der Waals surface area (Å²) >= 11 is 0. The molecule has 0 radical (unpaired) electrons. The van der Waals surface area contributed by atoms with Gasteiger partial charge in [0.15, 0.2) is 0 Å². The van der Waals surface area contributed by atoms with Crippen molar-refractivity contribution in [1.82, 2.24) is 0 Å². The predicted molar refractivity (Wildman–Crippen MR) is 124 cm³/mol. The molecule has 0 aromatic heterocycles. The van der Waals surface area contributed by atoms with Crippen molar-refractivity contribution in [3.05, 3.63) is 95.1 Å². The van der Waals surface area contributed by atoms with Crippen LogP contribution in [0, 0.1) is 5.92 Å². The summed E-state index contributed by atoms with van der Waals surface area (Å²) in [5.74, 6) is -0.00736. The van der Waals surface area contributed by atoms with E-state index in [0.717, 1.165) is 24.0 Å². The minimum atomic E-state index is -0.299. The second-order valence-corrected chi connectivity index (χ2v) is 7.67. The lowest BCUT2D eigenvalue weighted by Gasteiger charge is -2.26. The molecule has 0 saturated heterocycles. The summed E-state index contributed by atoms with van der Waals surface area (Å²) in [6, 6.07) is 24.1. The highest BCUT2D eigenvalue weighted by molar-refractivity contribution is 5.77. The fourth-order valence-corrected chi connectivity index (χ4v) is 3.84. The first-order valence-electron chi connectivity index (χ1n) is 10.8. The topological polar surface area (TPSA) is 52.3 Å². The zero-order chi connectivity index (χ0) is 21.5. The number of nitrogens with two attached hydrogens (primary N) is 1. The molecular weight excluding hydrogens is 370 g/mol. The highest BCUT2D eigenvalue weighted by atomic mass is 16.5. The number of anilines is 1. The molecule has 3 aromatic rings. The van der Waals surface area contributed by atoms with Gasteiger partial charge in [-0.25, -0.2) is 0 Å². The molecule has 0 saturated carbocycles. The number of nitrogen functional groups attached to an aromatic ring is 1. The molecule has 0 aliphatic carbocycles. The van der Waals surface area contributed by atoms with Gasteiger partial charge in [-0.15, -0.1) is 0 Å². The number of benzene rings is 3. The lowest BCUT2D eigenvalue weighted by molar-refractivity contribution is -0.139. The summed E-state index contributed by atoms with van der Waals surface area (Å²) in [5, 5.41) is 0. The summed E-state index contributed by atoms with van der Waals surface area (Å²) in [7, 11) is 0. The molecule has 2 N–H and O–H groups in total. The number of rotatable bonds is 8. The standard InChI is InChI=1S/C27H31NO2/c1-4-19-7-11-21(12-8-19)26(22-13-15-23(28)16-14-22)25(6-3)27(29)30-24-17-9-20(5-2)10-18-24/h7-18,25-26H,4-6,28H2,1-3H3. The fourth-order valence-electron chi connectivity index (χ4n) is 3.84. The molecule has 0 fully saturated rings. The molecule has 0 aliphatic heterocycles. The Morgan fingerprint density at radius 1 is 0.767 bits per heavy atom. The molecule has 2 unspecified atom stereocenters. The van der Waals surface area contributed by atoms with Gasteiger partial charge < -0.3 is 10.5 Å². The molecule has 2 atom stereocenters. The summed E-state index contributed by atoms with van der Waals surface area (Å²) in [4.78, 5) is 13.2. The van der Waals surface area contributed by atoms with Crippen LogP contribution in [0.25, 0.3) is 0 Å². The van der Waals surface area contributed by atoms with Crippen LogP contribution < -0.4 is 10.5 Å². The Morgan fingerprint density at radius 3 is 1.70 bits per heavy atom. The number of esters is 1. The summed E-state index contributed by atoms with van der Waals surface area (Å²) in [5.41, 5.74) is 11.3. The van der Waals surface area contributed by atoms with Crippen LogP contribution in [-0.4, -0.2) is 5.97 Å². The average Bonchev–Trinajstić information content (AvgIpc) is 2.78. The largest absolute Gasteiger partial charge is 0.426 e. The second kappa shape index (κ2) is 10.1. The SMILES string of the molecule is CCc1ccc(OC(=O)C(CC)C(c2ccc(N)cc2)c2ccc(CC)cc2)cc1. The van der Waals surface area contributed by atoms with Gasteiger partial charge in [-0.3, -0.25) is 4.79 Å². The lowest BCUT2D eigenvalue weighted by atomic mass is 9.79. The zero-order valence-electron chi connectivity index (χ0n) is 18.1. The van der Waals surface area contributed by atoms with E-state index in [0.29, 0.717) is 17.9 Å². The van der Waals surface area contributed by atoms with Crippen molar-refractivity contribution in [2.75, 3.05) is 5.73 Å². The van der Waals surface area contributed by atoms with E-state index in [2.05, 4.69) is 38.1 Å². The van der Waals surface area contributed by atoms with Crippen molar-refractivity contribution in [3.8, 4) is 5.75 Å². The molecule has 3 nitrogen and oxygen atoms in total. The van der Waals surface area contributed by atoms with Gasteiger partial charge in [0, 0.05) is 11.6 Å². The molecule has 156 valence electrons. The van der Waals surface area contributed by atoms with Crippen LogP contribution in [-0.2, 0) is 17.6 Å². The molecule has 0 bridgehead atoms. The number of carbonyl (C=O) groups is 1. The molecule has 3 aromatic carbocycles. The maximum Gasteiger partial charge on any atom is 0.315 e. The molecule has 0 spiro atoms.